The number of rotatable bonds is 7. The predicted molar refractivity (Wildman–Crippen MR) is 90.2 cm³/mol. The summed E-state index contributed by atoms with van der Waals surface area (Å²) in [4.78, 5) is 23.3. The maximum atomic E-state index is 11.7. The fourth-order valence-corrected chi connectivity index (χ4v) is 2.02. The third-order valence-corrected chi connectivity index (χ3v) is 3.02. The van der Waals surface area contributed by atoms with E-state index in [9.17, 15) is 14.7 Å². The molecular weight excluding hydrogens is 296 g/mol. The lowest BCUT2D eigenvalue weighted by molar-refractivity contribution is -0.144. The number of aliphatic carboxylic acids is 1. The molecule has 0 aromatic rings. The number of carbonyl (C=O) groups is 2. The highest BCUT2D eigenvalue weighted by Gasteiger charge is 2.34. The molecule has 23 heavy (non-hydrogen) atoms. The second-order valence-corrected chi connectivity index (χ2v) is 6.77. The van der Waals surface area contributed by atoms with Crippen molar-refractivity contribution in [1.82, 2.24) is 10.6 Å². The number of amides is 1. The smallest absolute Gasteiger partial charge is 0.407 e. The van der Waals surface area contributed by atoms with E-state index in [0.717, 1.165) is 6.42 Å². The number of hydrogen-bond donors (Lipinski definition) is 3. The Morgan fingerprint density at radius 1 is 1.22 bits per heavy atom. The van der Waals surface area contributed by atoms with Gasteiger partial charge in [0.2, 0.25) is 0 Å². The summed E-state index contributed by atoms with van der Waals surface area (Å²) in [6.45, 7) is 11.1. The van der Waals surface area contributed by atoms with Crippen molar-refractivity contribution in [2.45, 2.75) is 78.0 Å². The fraction of sp³-hybridized carbons (Fsp3) is 0.765. The van der Waals surface area contributed by atoms with Crippen LogP contribution < -0.4 is 10.6 Å². The molecule has 0 saturated carbocycles. The first-order chi connectivity index (χ1) is 10.5. The molecule has 0 aliphatic heterocycles. The maximum Gasteiger partial charge on any atom is 0.407 e. The Kier molecular flexibility index (Phi) is 8.70. The summed E-state index contributed by atoms with van der Waals surface area (Å²) in [6, 6.07) is -0.347. The van der Waals surface area contributed by atoms with Gasteiger partial charge in [0, 0.05) is 25.4 Å². The van der Waals surface area contributed by atoms with Crippen LogP contribution in [0.4, 0.5) is 4.79 Å². The second-order valence-electron chi connectivity index (χ2n) is 6.77. The zero-order valence-corrected chi connectivity index (χ0v) is 15.1. The van der Waals surface area contributed by atoms with Crippen LogP contribution in [0.2, 0.25) is 0 Å². The standard InChI is InChI=1S/C17H30N2O4/c1-7-8-9-10-11-18-17(6,14(20)21)12-13(2)19-15(22)23-16(3,4)5/h13,18H,7,10-12H2,1-6H3,(H,19,22)(H,20,21)/t13-,17?/m1/s1. The zero-order valence-electron chi connectivity index (χ0n) is 15.1. The van der Waals surface area contributed by atoms with Gasteiger partial charge >= 0.3 is 12.1 Å². The van der Waals surface area contributed by atoms with E-state index < -0.39 is 23.2 Å². The number of carboxylic acids is 1. The Balaban J connectivity index is 4.55. The molecule has 0 aromatic heterocycles. The van der Waals surface area contributed by atoms with Gasteiger partial charge in [0.1, 0.15) is 11.1 Å². The van der Waals surface area contributed by atoms with Crippen LogP contribution in [-0.2, 0) is 9.53 Å². The van der Waals surface area contributed by atoms with Crippen molar-refractivity contribution in [1.29, 1.82) is 0 Å². The van der Waals surface area contributed by atoms with Crippen molar-refractivity contribution < 1.29 is 19.4 Å². The van der Waals surface area contributed by atoms with Gasteiger partial charge in [-0.15, -0.1) is 11.8 Å². The van der Waals surface area contributed by atoms with Crippen LogP contribution >= 0.6 is 0 Å². The van der Waals surface area contributed by atoms with Gasteiger partial charge in [0.15, 0.2) is 0 Å². The quantitative estimate of drug-likeness (QED) is 0.494. The molecule has 2 atom stereocenters. The van der Waals surface area contributed by atoms with Crippen LogP contribution in [0.25, 0.3) is 0 Å². The van der Waals surface area contributed by atoms with Crippen molar-refractivity contribution in [3.05, 3.63) is 0 Å². The topological polar surface area (TPSA) is 87.7 Å². The Hall–Kier alpha value is -1.74. The molecule has 1 unspecified atom stereocenters. The summed E-state index contributed by atoms with van der Waals surface area (Å²) < 4.78 is 5.17. The first kappa shape index (κ1) is 21.3. The molecule has 0 aliphatic carbocycles. The van der Waals surface area contributed by atoms with Crippen molar-refractivity contribution in [3.8, 4) is 11.8 Å². The third kappa shape index (κ3) is 9.80. The second kappa shape index (κ2) is 9.41. The van der Waals surface area contributed by atoms with Gasteiger partial charge in [-0.3, -0.25) is 4.79 Å². The van der Waals surface area contributed by atoms with Crippen LogP contribution in [0.15, 0.2) is 0 Å². The lowest BCUT2D eigenvalue weighted by Crippen LogP contribution is -2.54. The summed E-state index contributed by atoms with van der Waals surface area (Å²) in [5.41, 5.74) is -1.72. The number of carbonyl (C=O) groups excluding carboxylic acids is 1. The molecule has 0 rings (SSSR count). The van der Waals surface area contributed by atoms with E-state index in [4.69, 9.17) is 4.74 Å². The largest absolute Gasteiger partial charge is 0.480 e. The molecule has 0 aromatic carbocycles. The van der Waals surface area contributed by atoms with Gasteiger partial charge in [-0.2, -0.15) is 0 Å². The summed E-state index contributed by atoms with van der Waals surface area (Å²) in [5.74, 6) is 4.94. The van der Waals surface area contributed by atoms with Crippen molar-refractivity contribution >= 4 is 12.1 Å². The van der Waals surface area contributed by atoms with Crippen LogP contribution in [0.5, 0.6) is 0 Å². The number of nitrogens with one attached hydrogen (secondary N) is 2. The van der Waals surface area contributed by atoms with E-state index in [1.54, 1.807) is 34.6 Å². The number of carboxylic acid groups (broad SMARTS) is 1. The van der Waals surface area contributed by atoms with E-state index in [2.05, 4.69) is 22.5 Å². The maximum absolute atomic E-state index is 11.7. The van der Waals surface area contributed by atoms with E-state index >= 15 is 0 Å². The molecule has 6 heteroatoms. The molecular formula is C17H30N2O4. The van der Waals surface area contributed by atoms with Crippen molar-refractivity contribution in [3.63, 3.8) is 0 Å². The van der Waals surface area contributed by atoms with Gasteiger partial charge in [0.25, 0.3) is 0 Å². The molecule has 0 spiro atoms. The molecule has 3 N–H and O–H groups in total. The van der Waals surface area contributed by atoms with Crippen molar-refractivity contribution in [2.24, 2.45) is 0 Å². The van der Waals surface area contributed by atoms with Crippen LogP contribution in [0.1, 0.15) is 60.8 Å². The van der Waals surface area contributed by atoms with Gasteiger partial charge in [-0.05, 0) is 41.0 Å². The van der Waals surface area contributed by atoms with Gasteiger partial charge in [-0.1, -0.05) is 6.92 Å². The number of ether oxygens (including phenoxy) is 1. The molecule has 0 heterocycles. The monoisotopic (exact) mass is 326 g/mol. The average molecular weight is 326 g/mol. The Bertz CT molecular complexity index is 459. The van der Waals surface area contributed by atoms with Crippen LogP contribution in [0, 0.1) is 11.8 Å². The highest BCUT2D eigenvalue weighted by Crippen LogP contribution is 2.14. The first-order valence-corrected chi connectivity index (χ1v) is 7.94. The van der Waals surface area contributed by atoms with Crippen LogP contribution in [-0.4, -0.2) is 40.9 Å². The Labute approximate surface area is 139 Å². The average Bonchev–Trinajstić information content (AvgIpc) is 2.35. The molecule has 132 valence electrons. The number of alkyl carbamates (subject to hydrolysis) is 1. The minimum Gasteiger partial charge on any atom is -0.480 e. The molecule has 0 bridgehead atoms. The summed E-state index contributed by atoms with van der Waals surface area (Å²) in [7, 11) is 0. The van der Waals surface area contributed by atoms with E-state index in [1.807, 2.05) is 6.92 Å². The lowest BCUT2D eigenvalue weighted by Gasteiger charge is -2.30. The predicted octanol–water partition coefficient (Wildman–Crippen LogP) is 2.53. The molecule has 6 nitrogen and oxygen atoms in total. The molecule has 0 fully saturated rings. The van der Waals surface area contributed by atoms with Gasteiger partial charge < -0.3 is 20.5 Å². The highest BCUT2D eigenvalue weighted by atomic mass is 16.6. The SMILES string of the molecule is CCC#CCCNC(C)(C[C@@H](C)NC(=O)OC(C)(C)C)C(=O)O. The fourth-order valence-electron chi connectivity index (χ4n) is 2.02. The van der Waals surface area contributed by atoms with Gasteiger partial charge in [0.05, 0.1) is 0 Å². The van der Waals surface area contributed by atoms with E-state index in [1.165, 1.54) is 0 Å². The third-order valence-electron chi connectivity index (χ3n) is 3.02. The van der Waals surface area contributed by atoms with Crippen molar-refractivity contribution in [2.75, 3.05) is 6.54 Å². The van der Waals surface area contributed by atoms with Gasteiger partial charge in [-0.25, -0.2) is 4.79 Å². The summed E-state index contributed by atoms with van der Waals surface area (Å²) in [6.07, 6.45) is 1.06. The van der Waals surface area contributed by atoms with E-state index in [0.29, 0.717) is 13.0 Å². The Morgan fingerprint density at radius 3 is 2.30 bits per heavy atom. The summed E-state index contributed by atoms with van der Waals surface area (Å²) in [5, 5.41) is 15.1. The normalized spacial score (nSPS) is 14.9. The molecule has 0 radical (unpaired) electrons. The number of hydrogen-bond acceptors (Lipinski definition) is 4. The van der Waals surface area contributed by atoms with Crippen LogP contribution in [0.3, 0.4) is 0 Å². The minimum atomic E-state index is -1.14. The molecule has 1 amide bonds. The highest BCUT2D eigenvalue weighted by molar-refractivity contribution is 5.78. The first-order valence-electron chi connectivity index (χ1n) is 7.94. The zero-order chi connectivity index (χ0) is 18.1. The summed E-state index contributed by atoms with van der Waals surface area (Å²) >= 11 is 0. The Morgan fingerprint density at radius 2 is 1.83 bits per heavy atom. The minimum absolute atomic E-state index is 0.239. The molecule has 0 saturated heterocycles. The van der Waals surface area contributed by atoms with E-state index in [-0.39, 0.29) is 12.5 Å². The lowest BCUT2D eigenvalue weighted by atomic mass is 9.93. The molecule has 0 aliphatic rings.